The number of allylic oxidation sites excluding steroid dienone is 3. The van der Waals surface area contributed by atoms with Gasteiger partial charge in [-0.05, 0) is 25.8 Å². The van der Waals surface area contributed by atoms with E-state index in [1.807, 2.05) is 13.0 Å². The van der Waals surface area contributed by atoms with Crippen LogP contribution in [-0.4, -0.2) is 7.11 Å². The van der Waals surface area contributed by atoms with Crippen LogP contribution in [0.5, 0.6) is 0 Å². The Bertz CT molecular complexity index is 197. The fraction of sp³-hybridized carbons (Fsp3) is 0.600. The normalized spacial score (nSPS) is 21.2. The van der Waals surface area contributed by atoms with Crippen LogP contribution in [0.4, 0.5) is 0 Å². The summed E-state index contributed by atoms with van der Waals surface area (Å²) in [5.74, 6) is 1.09. The van der Waals surface area contributed by atoms with E-state index >= 15 is 0 Å². The van der Waals surface area contributed by atoms with Crippen molar-refractivity contribution in [2.24, 2.45) is 5.41 Å². The average molecular weight is 152 g/mol. The van der Waals surface area contributed by atoms with Crippen LogP contribution in [-0.2, 0) is 4.74 Å². The summed E-state index contributed by atoms with van der Waals surface area (Å²) in [5, 5.41) is 0. The highest BCUT2D eigenvalue weighted by Crippen LogP contribution is 2.51. The Kier molecular flexibility index (Phi) is 2.08. The molecule has 0 saturated heterocycles. The Hall–Kier alpha value is -0.720. The zero-order valence-electron chi connectivity index (χ0n) is 7.61. The molecule has 1 rings (SSSR count). The third-order valence-electron chi connectivity index (χ3n) is 2.19. The zero-order valence-corrected chi connectivity index (χ0v) is 7.61. The molecule has 11 heavy (non-hydrogen) atoms. The van der Waals surface area contributed by atoms with Crippen LogP contribution in [0.25, 0.3) is 0 Å². The van der Waals surface area contributed by atoms with E-state index in [1.165, 1.54) is 12.8 Å². The van der Waals surface area contributed by atoms with Crippen molar-refractivity contribution < 1.29 is 4.74 Å². The molecule has 1 fully saturated rings. The SMILES string of the molecule is C=C(C)/C=C(\OC)C1(C)CC1. The van der Waals surface area contributed by atoms with Gasteiger partial charge in [-0.3, -0.25) is 0 Å². The average Bonchev–Trinajstić information content (AvgIpc) is 2.63. The first-order valence-corrected chi connectivity index (χ1v) is 4.00. The van der Waals surface area contributed by atoms with Gasteiger partial charge in [0.05, 0.1) is 7.11 Å². The molecule has 62 valence electrons. The second kappa shape index (κ2) is 2.72. The maximum Gasteiger partial charge on any atom is 0.102 e. The van der Waals surface area contributed by atoms with Crippen molar-refractivity contribution in [3.63, 3.8) is 0 Å². The molecular weight excluding hydrogens is 136 g/mol. The van der Waals surface area contributed by atoms with Crippen LogP contribution in [0.15, 0.2) is 24.0 Å². The molecule has 0 heterocycles. The summed E-state index contributed by atoms with van der Waals surface area (Å²) < 4.78 is 5.29. The van der Waals surface area contributed by atoms with Crippen molar-refractivity contribution in [2.75, 3.05) is 7.11 Å². The van der Waals surface area contributed by atoms with E-state index < -0.39 is 0 Å². The molecule has 0 unspecified atom stereocenters. The third-order valence-corrected chi connectivity index (χ3v) is 2.19. The summed E-state index contributed by atoms with van der Waals surface area (Å²) in [5.41, 5.74) is 1.39. The van der Waals surface area contributed by atoms with Crippen LogP contribution in [0.3, 0.4) is 0 Å². The first kappa shape index (κ1) is 8.38. The van der Waals surface area contributed by atoms with E-state index in [-0.39, 0.29) is 0 Å². The fourth-order valence-corrected chi connectivity index (χ4v) is 1.14. The summed E-state index contributed by atoms with van der Waals surface area (Å²) in [6, 6.07) is 0. The van der Waals surface area contributed by atoms with Crippen LogP contribution in [0, 0.1) is 5.41 Å². The van der Waals surface area contributed by atoms with Gasteiger partial charge in [-0.15, -0.1) is 0 Å². The van der Waals surface area contributed by atoms with E-state index in [1.54, 1.807) is 7.11 Å². The Morgan fingerprint density at radius 3 is 2.36 bits per heavy atom. The first-order chi connectivity index (χ1) is 5.08. The summed E-state index contributed by atoms with van der Waals surface area (Å²) in [6.45, 7) is 8.05. The predicted molar refractivity (Wildman–Crippen MR) is 47.2 cm³/mol. The zero-order chi connectivity index (χ0) is 8.48. The quantitative estimate of drug-likeness (QED) is 0.446. The van der Waals surface area contributed by atoms with Crippen molar-refractivity contribution in [2.45, 2.75) is 26.7 Å². The molecule has 1 saturated carbocycles. The maximum absolute atomic E-state index is 5.29. The smallest absolute Gasteiger partial charge is 0.102 e. The highest BCUT2D eigenvalue weighted by molar-refractivity contribution is 5.23. The molecule has 0 atom stereocenters. The molecule has 1 aliphatic rings. The molecule has 0 radical (unpaired) electrons. The Morgan fingerprint density at radius 2 is 2.09 bits per heavy atom. The Labute approximate surface area is 68.8 Å². The lowest BCUT2D eigenvalue weighted by molar-refractivity contribution is 0.239. The minimum absolute atomic E-state index is 0.327. The molecule has 0 aromatic heterocycles. The van der Waals surface area contributed by atoms with Gasteiger partial charge < -0.3 is 4.74 Å². The number of methoxy groups -OCH3 is 1. The second-order valence-corrected chi connectivity index (χ2v) is 3.62. The predicted octanol–water partition coefficient (Wildman–Crippen LogP) is 2.89. The molecule has 1 aliphatic carbocycles. The molecule has 0 amide bonds. The molecule has 1 heteroatoms. The number of rotatable bonds is 3. The van der Waals surface area contributed by atoms with Gasteiger partial charge in [0.1, 0.15) is 5.76 Å². The van der Waals surface area contributed by atoms with E-state index in [9.17, 15) is 0 Å². The maximum atomic E-state index is 5.29. The van der Waals surface area contributed by atoms with Crippen molar-refractivity contribution in [1.29, 1.82) is 0 Å². The fourth-order valence-electron chi connectivity index (χ4n) is 1.14. The second-order valence-electron chi connectivity index (χ2n) is 3.62. The molecule has 0 aliphatic heterocycles. The van der Waals surface area contributed by atoms with Gasteiger partial charge in [0.25, 0.3) is 0 Å². The van der Waals surface area contributed by atoms with Crippen molar-refractivity contribution >= 4 is 0 Å². The van der Waals surface area contributed by atoms with E-state index in [4.69, 9.17) is 4.74 Å². The van der Waals surface area contributed by atoms with E-state index in [0.717, 1.165) is 11.3 Å². The van der Waals surface area contributed by atoms with Crippen LogP contribution in [0.1, 0.15) is 26.7 Å². The number of hydrogen-bond donors (Lipinski definition) is 0. The minimum atomic E-state index is 0.327. The van der Waals surface area contributed by atoms with Gasteiger partial charge in [-0.2, -0.15) is 0 Å². The highest BCUT2D eigenvalue weighted by atomic mass is 16.5. The van der Waals surface area contributed by atoms with Gasteiger partial charge in [0, 0.05) is 5.41 Å². The van der Waals surface area contributed by atoms with Gasteiger partial charge >= 0.3 is 0 Å². The van der Waals surface area contributed by atoms with Crippen molar-refractivity contribution in [1.82, 2.24) is 0 Å². The van der Waals surface area contributed by atoms with Crippen LogP contribution < -0.4 is 0 Å². The molecule has 0 N–H and O–H groups in total. The Balaban J connectivity index is 2.70. The molecular formula is C10H16O. The van der Waals surface area contributed by atoms with Crippen LogP contribution >= 0.6 is 0 Å². The topological polar surface area (TPSA) is 9.23 Å². The highest BCUT2D eigenvalue weighted by Gasteiger charge is 2.42. The molecule has 0 bridgehead atoms. The van der Waals surface area contributed by atoms with E-state index in [2.05, 4.69) is 13.5 Å². The van der Waals surface area contributed by atoms with Crippen LogP contribution in [0.2, 0.25) is 0 Å². The summed E-state index contributed by atoms with van der Waals surface area (Å²) >= 11 is 0. The first-order valence-electron chi connectivity index (χ1n) is 4.00. The number of ether oxygens (including phenoxy) is 1. The third kappa shape index (κ3) is 1.86. The molecule has 1 nitrogen and oxygen atoms in total. The summed E-state index contributed by atoms with van der Waals surface area (Å²) in [6.07, 6.45) is 4.53. The minimum Gasteiger partial charge on any atom is -0.501 e. The molecule has 0 aromatic rings. The Morgan fingerprint density at radius 1 is 1.55 bits per heavy atom. The lowest BCUT2D eigenvalue weighted by atomic mass is 10.1. The largest absolute Gasteiger partial charge is 0.501 e. The van der Waals surface area contributed by atoms with E-state index in [0.29, 0.717) is 5.41 Å². The van der Waals surface area contributed by atoms with Gasteiger partial charge in [0.2, 0.25) is 0 Å². The van der Waals surface area contributed by atoms with Crippen molar-refractivity contribution in [3.05, 3.63) is 24.0 Å². The standard InChI is InChI=1S/C10H16O/c1-8(2)7-9(11-4)10(3)5-6-10/h7H,1,5-6H2,2-4H3/b9-7-. The summed E-state index contributed by atoms with van der Waals surface area (Å²) in [4.78, 5) is 0. The lowest BCUT2D eigenvalue weighted by Gasteiger charge is -2.12. The van der Waals surface area contributed by atoms with Gasteiger partial charge in [-0.1, -0.05) is 19.1 Å². The molecule has 0 spiro atoms. The molecule has 0 aromatic carbocycles. The lowest BCUT2D eigenvalue weighted by Crippen LogP contribution is -2.01. The van der Waals surface area contributed by atoms with Gasteiger partial charge in [0.15, 0.2) is 0 Å². The van der Waals surface area contributed by atoms with Crippen molar-refractivity contribution in [3.8, 4) is 0 Å². The summed E-state index contributed by atoms with van der Waals surface area (Å²) in [7, 11) is 1.73. The number of hydrogen-bond acceptors (Lipinski definition) is 1. The van der Waals surface area contributed by atoms with Gasteiger partial charge in [-0.25, -0.2) is 0 Å². The monoisotopic (exact) mass is 152 g/mol.